The Bertz CT molecular complexity index is 1070. The second kappa shape index (κ2) is 9.70. The second-order valence-corrected chi connectivity index (χ2v) is 10.2. The number of hydrogen-bond acceptors (Lipinski definition) is 5. The van der Waals surface area contributed by atoms with Crippen molar-refractivity contribution in [3.63, 3.8) is 0 Å². The molecule has 1 aliphatic carbocycles. The fraction of sp³-hybridized carbons (Fsp3) is 0.444. The lowest BCUT2D eigenvalue weighted by Crippen LogP contribution is -2.51. The number of carbonyl (C=O) groups excluding carboxylic acids is 2. The number of ether oxygens (including phenoxy) is 1. The highest BCUT2D eigenvalue weighted by Gasteiger charge is 2.41. The molecule has 2 amide bonds. The third kappa shape index (κ3) is 5.32. The Morgan fingerprint density at radius 1 is 1.03 bits per heavy atom. The lowest BCUT2D eigenvalue weighted by Gasteiger charge is -2.37. The molecule has 1 fully saturated rings. The summed E-state index contributed by atoms with van der Waals surface area (Å²) in [7, 11) is 0. The summed E-state index contributed by atoms with van der Waals surface area (Å²) < 4.78 is 5.57. The minimum absolute atomic E-state index is 0.00645. The number of carboxylic acid groups (broad SMARTS) is 1. The molecule has 0 unspecified atom stereocenters. The summed E-state index contributed by atoms with van der Waals surface area (Å²) in [4.78, 5) is 38.0. The number of aliphatic carboxylic acids is 1. The summed E-state index contributed by atoms with van der Waals surface area (Å²) in [5.74, 6) is -1.40. The van der Waals surface area contributed by atoms with Crippen molar-refractivity contribution in [2.75, 3.05) is 26.2 Å². The molecule has 0 aromatic heterocycles. The predicted molar refractivity (Wildman–Crippen MR) is 130 cm³/mol. The van der Waals surface area contributed by atoms with E-state index in [1.165, 1.54) is 0 Å². The molecule has 0 spiro atoms. The van der Waals surface area contributed by atoms with Crippen LogP contribution in [-0.2, 0) is 14.3 Å². The number of nitrogens with one attached hydrogen (secondary N) is 1. The van der Waals surface area contributed by atoms with E-state index in [1.54, 1.807) is 4.90 Å². The Balaban J connectivity index is 1.27. The Labute approximate surface area is 204 Å². The van der Waals surface area contributed by atoms with Gasteiger partial charge in [0, 0.05) is 44.8 Å². The number of amides is 2. The highest BCUT2D eigenvalue weighted by Crippen LogP contribution is 2.44. The van der Waals surface area contributed by atoms with Crippen LogP contribution in [0.1, 0.15) is 50.2 Å². The van der Waals surface area contributed by atoms with Gasteiger partial charge in [-0.05, 0) is 27.7 Å². The highest BCUT2D eigenvalue weighted by molar-refractivity contribution is 5.80. The number of benzene rings is 2. The van der Waals surface area contributed by atoms with E-state index in [9.17, 15) is 19.5 Å². The van der Waals surface area contributed by atoms with Gasteiger partial charge in [-0.2, -0.15) is 0 Å². The van der Waals surface area contributed by atoms with Crippen LogP contribution in [0.5, 0.6) is 0 Å². The van der Waals surface area contributed by atoms with Gasteiger partial charge in [0.15, 0.2) is 5.60 Å². The summed E-state index contributed by atoms with van der Waals surface area (Å²) in [6, 6.07) is 16.3. The molecular weight excluding hydrogens is 448 g/mol. The van der Waals surface area contributed by atoms with Gasteiger partial charge in [-0.15, -0.1) is 0 Å². The maximum atomic E-state index is 12.7. The van der Waals surface area contributed by atoms with Crippen LogP contribution in [0.25, 0.3) is 11.1 Å². The van der Waals surface area contributed by atoms with E-state index in [0.29, 0.717) is 0 Å². The van der Waals surface area contributed by atoms with Crippen LogP contribution in [0.15, 0.2) is 48.5 Å². The molecule has 8 heteroatoms. The first kappa shape index (κ1) is 24.7. The third-order valence-corrected chi connectivity index (χ3v) is 7.03. The molecule has 35 heavy (non-hydrogen) atoms. The quantitative estimate of drug-likeness (QED) is 0.560. The number of piperidine rings is 1. The molecular formula is C27H32N2O6. The maximum absolute atomic E-state index is 12.7. The summed E-state index contributed by atoms with van der Waals surface area (Å²) in [5.41, 5.74) is 2.32. The summed E-state index contributed by atoms with van der Waals surface area (Å²) in [6.07, 6.45) is -0.335. The van der Waals surface area contributed by atoms with Crippen LogP contribution in [0.2, 0.25) is 0 Å². The van der Waals surface area contributed by atoms with Gasteiger partial charge >= 0.3 is 12.1 Å². The number of carbonyl (C=O) groups is 3. The Hall–Kier alpha value is -3.39. The monoisotopic (exact) mass is 480 g/mol. The summed E-state index contributed by atoms with van der Waals surface area (Å²) in [5, 5.41) is 22.0. The van der Waals surface area contributed by atoms with Crippen LogP contribution < -0.4 is 5.32 Å². The van der Waals surface area contributed by atoms with E-state index in [-0.39, 0.29) is 57.3 Å². The van der Waals surface area contributed by atoms with Gasteiger partial charge in [0.25, 0.3) is 0 Å². The lowest BCUT2D eigenvalue weighted by atomic mass is 9.87. The number of nitrogens with zero attached hydrogens (tertiary/aromatic N) is 1. The largest absolute Gasteiger partial charge is 0.479 e. The van der Waals surface area contributed by atoms with Crippen molar-refractivity contribution in [3.05, 3.63) is 59.7 Å². The lowest BCUT2D eigenvalue weighted by molar-refractivity contribution is -0.165. The zero-order valence-electron chi connectivity index (χ0n) is 20.1. The molecule has 0 atom stereocenters. The second-order valence-electron chi connectivity index (χ2n) is 10.2. The van der Waals surface area contributed by atoms with Crippen LogP contribution in [0, 0.1) is 5.41 Å². The number of alkyl carbamates (subject to hydrolysis) is 1. The fourth-order valence-electron chi connectivity index (χ4n) is 4.88. The van der Waals surface area contributed by atoms with Crippen LogP contribution >= 0.6 is 0 Å². The first-order chi connectivity index (χ1) is 16.6. The molecule has 4 rings (SSSR count). The average Bonchev–Trinajstić information content (AvgIpc) is 3.15. The number of fused-ring (bicyclic) bond motifs is 3. The van der Waals surface area contributed by atoms with Gasteiger partial charge in [-0.1, -0.05) is 62.4 Å². The van der Waals surface area contributed by atoms with Gasteiger partial charge in [-0.3, -0.25) is 4.79 Å². The van der Waals surface area contributed by atoms with E-state index in [0.717, 1.165) is 22.3 Å². The number of rotatable bonds is 7. The molecule has 1 saturated heterocycles. The van der Waals surface area contributed by atoms with Crippen molar-refractivity contribution in [2.24, 2.45) is 5.41 Å². The third-order valence-electron chi connectivity index (χ3n) is 7.03. The van der Waals surface area contributed by atoms with E-state index in [2.05, 4.69) is 29.6 Å². The number of hydrogen-bond donors (Lipinski definition) is 3. The Kier molecular flexibility index (Phi) is 6.85. The van der Waals surface area contributed by atoms with E-state index < -0.39 is 23.1 Å². The molecule has 0 radical (unpaired) electrons. The highest BCUT2D eigenvalue weighted by atomic mass is 16.5. The zero-order valence-corrected chi connectivity index (χ0v) is 20.1. The predicted octanol–water partition coefficient (Wildman–Crippen LogP) is 3.38. The van der Waals surface area contributed by atoms with Crippen molar-refractivity contribution in [1.29, 1.82) is 0 Å². The van der Waals surface area contributed by atoms with Crippen molar-refractivity contribution in [3.8, 4) is 11.1 Å². The molecule has 2 aromatic rings. The van der Waals surface area contributed by atoms with Crippen molar-refractivity contribution < 1.29 is 29.3 Å². The van der Waals surface area contributed by atoms with Gasteiger partial charge in [0.05, 0.1) is 0 Å². The Morgan fingerprint density at radius 2 is 1.57 bits per heavy atom. The van der Waals surface area contributed by atoms with Crippen molar-refractivity contribution >= 4 is 18.0 Å². The minimum Gasteiger partial charge on any atom is -0.479 e. The molecule has 3 N–H and O–H groups in total. The molecule has 1 aliphatic heterocycles. The van der Waals surface area contributed by atoms with Crippen LogP contribution in [0.4, 0.5) is 4.79 Å². The first-order valence-corrected chi connectivity index (χ1v) is 11.9. The molecule has 2 aliphatic rings. The summed E-state index contributed by atoms with van der Waals surface area (Å²) >= 11 is 0. The zero-order chi connectivity index (χ0) is 25.2. The number of carboxylic acids is 1. The van der Waals surface area contributed by atoms with Crippen LogP contribution in [-0.4, -0.2) is 64.9 Å². The summed E-state index contributed by atoms with van der Waals surface area (Å²) in [6.45, 7) is 4.62. The minimum atomic E-state index is -1.77. The van der Waals surface area contributed by atoms with Gasteiger partial charge in [0.2, 0.25) is 5.91 Å². The smallest absolute Gasteiger partial charge is 0.407 e. The normalized spacial score (nSPS) is 16.8. The van der Waals surface area contributed by atoms with E-state index in [1.807, 2.05) is 38.1 Å². The molecule has 2 aromatic carbocycles. The van der Waals surface area contributed by atoms with Gasteiger partial charge < -0.3 is 25.2 Å². The SMILES string of the molecule is CC(C)(CNC(=O)OCC1c2ccccc2-c2ccccc21)CC(=O)N1CCC(O)(C(=O)O)CC1. The molecule has 186 valence electrons. The van der Waals surface area contributed by atoms with E-state index >= 15 is 0 Å². The first-order valence-electron chi connectivity index (χ1n) is 11.9. The fourth-order valence-corrected chi connectivity index (χ4v) is 4.88. The maximum Gasteiger partial charge on any atom is 0.407 e. The topological polar surface area (TPSA) is 116 Å². The molecule has 0 saturated carbocycles. The van der Waals surface area contributed by atoms with Gasteiger partial charge in [0.1, 0.15) is 6.61 Å². The standard InChI is InChI=1S/C27H32N2O6/c1-26(2,15-23(30)29-13-11-27(34,12-14-29)24(31)32)17-28-25(33)35-16-22-20-9-5-3-7-18(20)19-8-4-6-10-21(19)22/h3-10,22,34H,11-17H2,1-2H3,(H,28,33)(H,31,32). The molecule has 8 nitrogen and oxygen atoms in total. The molecule has 0 bridgehead atoms. The average molecular weight is 481 g/mol. The van der Waals surface area contributed by atoms with E-state index in [4.69, 9.17) is 9.84 Å². The number of aliphatic hydroxyl groups is 1. The molecule has 1 heterocycles. The van der Waals surface area contributed by atoms with Crippen molar-refractivity contribution in [1.82, 2.24) is 10.2 Å². The van der Waals surface area contributed by atoms with Gasteiger partial charge in [-0.25, -0.2) is 9.59 Å². The number of likely N-dealkylation sites (tertiary alicyclic amines) is 1. The van der Waals surface area contributed by atoms with Crippen molar-refractivity contribution in [2.45, 2.75) is 44.6 Å². The Morgan fingerprint density at radius 3 is 2.11 bits per heavy atom. The van der Waals surface area contributed by atoms with Crippen LogP contribution in [0.3, 0.4) is 0 Å².